The Morgan fingerprint density at radius 1 is 1.47 bits per heavy atom. The van der Waals surface area contributed by atoms with E-state index in [1.165, 1.54) is 0 Å². The van der Waals surface area contributed by atoms with E-state index in [0.29, 0.717) is 6.54 Å². The van der Waals surface area contributed by atoms with Gasteiger partial charge in [-0.25, -0.2) is 0 Å². The maximum atomic E-state index is 12.2. The number of aliphatic hydroxyl groups excluding tert-OH is 1. The van der Waals surface area contributed by atoms with E-state index in [-0.39, 0.29) is 18.6 Å². The van der Waals surface area contributed by atoms with Crippen LogP contribution >= 0.6 is 0 Å². The third kappa shape index (κ3) is 2.48. The largest absolute Gasteiger partial charge is 0.394 e. The van der Waals surface area contributed by atoms with E-state index in [2.05, 4.69) is 0 Å². The van der Waals surface area contributed by atoms with Gasteiger partial charge in [-0.3, -0.25) is 4.79 Å². The molecule has 0 bridgehead atoms. The highest BCUT2D eigenvalue weighted by Crippen LogP contribution is 2.21. The van der Waals surface area contributed by atoms with Gasteiger partial charge in [0.25, 0.3) is 0 Å². The summed E-state index contributed by atoms with van der Waals surface area (Å²) in [5, 5.41) is 9.20. The van der Waals surface area contributed by atoms with E-state index in [0.717, 1.165) is 18.4 Å². The zero-order valence-electron chi connectivity index (χ0n) is 9.75. The van der Waals surface area contributed by atoms with Crippen LogP contribution in [-0.4, -0.2) is 35.1 Å². The number of nitrogens with two attached hydrogens (primary N) is 1. The fourth-order valence-electron chi connectivity index (χ4n) is 2.30. The summed E-state index contributed by atoms with van der Waals surface area (Å²) in [7, 11) is 0. The SMILES string of the molecule is N[C@H](C(=O)N1CCC[C@H]1CO)c1ccccc1. The fraction of sp³-hybridized carbons (Fsp3) is 0.462. The molecule has 1 aromatic carbocycles. The van der Waals surface area contributed by atoms with Gasteiger partial charge in [0.2, 0.25) is 5.91 Å². The number of carbonyl (C=O) groups excluding carboxylic acids is 1. The number of likely N-dealkylation sites (tertiary alicyclic amines) is 1. The Bertz CT molecular complexity index is 380. The molecule has 4 nitrogen and oxygen atoms in total. The molecule has 0 saturated carbocycles. The zero-order valence-corrected chi connectivity index (χ0v) is 9.75. The van der Waals surface area contributed by atoms with Crippen LogP contribution in [0.4, 0.5) is 0 Å². The summed E-state index contributed by atoms with van der Waals surface area (Å²) < 4.78 is 0. The van der Waals surface area contributed by atoms with Gasteiger partial charge in [0.15, 0.2) is 0 Å². The van der Waals surface area contributed by atoms with Crippen molar-refractivity contribution in [3.05, 3.63) is 35.9 Å². The lowest BCUT2D eigenvalue weighted by Gasteiger charge is -2.26. The lowest BCUT2D eigenvalue weighted by Crippen LogP contribution is -2.42. The van der Waals surface area contributed by atoms with Crippen molar-refractivity contribution in [3.63, 3.8) is 0 Å². The first-order chi connectivity index (χ1) is 8.24. The second-order valence-corrected chi connectivity index (χ2v) is 4.40. The summed E-state index contributed by atoms with van der Waals surface area (Å²) in [5.41, 5.74) is 6.78. The van der Waals surface area contributed by atoms with Gasteiger partial charge in [0, 0.05) is 6.54 Å². The number of hydrogen-bond acceptors (Lipinski definition) is 3. The van der Waals surface area contributed by atoms with Gasteiger partial charge in [-0.05, 0) is 18.4 Å². The number of aliphatic hydroxyl groups is 1. The van der Waals surface area contributed by atoms with Gasteiger partial charge in [0.05, 0.1) is 12.6 Å². The Morgan fingerprint density at radius 3 is 2.82 bits per heavy atom. The maximum absolute atomic E-state index is 12.2. The number of hydrogen-bond donors (Lipinski definition) is 2. The topological polar surface area (TPSA) is 66.6 Å². The van der Waals surface area contributed by atoms with Crippen molar-refractivity contribution in [2.24, 2.45) is 5.73 Å². The summed E-state index contributed by atoms with van der Waals surface area (Å²) in [6.45, 7) is 0.720. The van der Waals surface area contributed by atoms with E-state index < -0.39 is 6.04 Å². The van der Waals surface area contributed by atoms with E-state index >= 15 is 0 Å². The van der Waals surface area contributed by atoms with Crippen molar-refractivity contribution in [1.82, 2.24) is 4.90 Å². The van der Waals surface area contributed by atoms with Crippen LogP contribution in [0.15, 0.2) is 30.3 Å². The Morgan fingerprint density at radius 2 is 2.18 bits per heavy atom. The number of benzene rings is 1. The van der Waals surface area contributed by atoms with Crippen molar-refractivity contribution in [1.29, 1.82) is 0 Å². The number of carbonyl (C=O) groups is 1. The Labute approximate surface area is 101 Å². The molecule has 1 aliphatic heterocycles. The molecule has 1 fully saturated rings. The molecule has 4 heteroatoms. The van der Waals surface area contributed by atoms with Gasteiger partial charge >= 0.3 is 0 Å². The molecule has 3 N–H and O–H groups in total. The second-order valence-electron chi connectivity index (χ2n) is 4.40. The van der Waals surface area contributed by atoms with Crippen LogP contribution < -0.4 is 5.73 Å². The van der Waals surface area contributed by atoms with Gasteiger partial charge in [0.1, 0.15) is 6.04 Å². The molecule has 2 rings (SSSR count). The molecule has 0 spiro atoms. The number of nitrogens with zero attached hydrogens (tertiary/aromatic N) is 1. The molecule has 17 heavy (non-hydrogen) atoms. The van der Waals surface area contributed by atoms with E-state index in [4.69, 9.17) is 5.73 Å². The quantitative estimate of drug-likeness (QED) is 0.807. The Hall–Kier alpha value is -1.39. The average Bonchev–Trinajstić information content (AvgIpc) is 2.86. The van der Waals surface area contributed by atoms with Gasteiger partial charge in [-0.2, -0.15) is 0 Å². The highest BCUT2D eigenvalue weighted by atomic mass is 16.3. The number of rotatable bonds is 3. The van der Waals surface area contributed by atoms with Crippen molar-refractivity contribution in [3.8, 4) is 0 Å². The van der Waals surface area contributed by atoms with E-state index in [1.54, 1.807) is 4.90 Å². The molecule has 1 saturated heterocycles. The maximum Gasteiger partial charge on any atom is 0.244 e. The molecule has 0 unspecified atom stereocenters. The lowest BCUT2D eigenvalue weighted by atomic mass is 10.1. The third-order valence-electron chi connectivity index (χ3n) is 3.30. The monoisotopic (exact) mass is 234 g/mol. The summed E-state index contributed by atoms with van der Waals surface area (Å²) in [5.74, 6) is -0.0900. The minimum atomic E-state index is -0.622. The first-order valence-corrected chi connectivity index (χ1v) is 5.96. The molecular formula is C13H18N2O2. The molecule has 0 aromatic heterocycles. The standard InChI is InChI=1S/C13H18N2O2/c14-12(10-5-2-1-3-6-10)13(17)15-8-4-7-11(15)9-16/h1-3,5-6,11-12,16H,4,7-9,14H2/t11-,12-/m0/s1. The van der Waals surface area contributed by atoms with Crippen molar-refractivity contribution < 1.29 is 9.90 Å². The third-order valence-corrected chi connectivity index (χ3v) is 3.30. The normalized spacial score (nSPS) is 21.5. The molecule has 2 atom stereocenters. The van der Waals surface area contributed by atoms with Crippen LogP contribution in [0, 0.1) is 0 Å². The van der Waals surface area contributed by atoms with E-state index in [1.807, 2.05) is 30.3 Å². The highest BCUT2D eigenvalue weighted by molar-refractivity contribution is 5.83. The molecule has 1 aliphatic rings. The van der Waals surface area contributed by atoms with Crippen LogP contribution in [-0.2, 0) is 4.79 Å². The average molecular weight is 234 g/mol. The summed E-state index contributed by atoms with van der Waals surface area (Å²) in [6.07, 6.45) is 1.81. The van der Waals surface area contributed by atoms with Gasteiger partial charge < -0.3 is 15.7 Å². The van der Waals surface area contributed by atoms with Crippen LogP contribution in [0.1, 0.15) is 24.4 Å². The minimum Gasteiger partial charge on any atom is -0.394 e. The van der Waals surface area contributed by atoms with Crippen LogP contribution in [0.2, 0.25) is 0 Å². The molecular weight excluding hydrogens is 216 g/mol. The van der Waals surface area contributed by atoms with E-state index in [9.17, 15) is 9.90 Å². The predicted octanol–water partition coefficient (Wildman–Crippen LogP) is 0.670. The molecule has 1 amide bonds. The predicted molar refractivity (Wildman–Crippen MR) is 65.2 cm³/mol. The van der Waals surface area contributed by atoms with Crippen LogP contribution in [0.25, 0.3) is 0 Å². The smallest absolute Gasteiger partial charge is 0.244 e. The van der Waals surface area contributed by atoms with Crippen molar-refractivity contribution in [2.45, 2.75) is 24.9 Å². The Kier molecular flexibility index (Phi) is 3.76. The lowest BCUT2D eigenvalue weighted by molar-refractivity contribution is -0.134. The molecule has 0 aliphatic carbocycles. The molecule has 1 heterocycles. The Balaban J connectivity index is 2.10. The summed E-state index contributed by atoms with van der Waals surface area (Å²) in [6, 6.07) is 8.67. The van der Waals surface area contributed by atoms with Crippen LogP contribution in [0.3, 0.4) is 0 Å². The van der Waals surface area contributed by atoms with Crippen LogP contribution in [0.5, 0.6) is 0 Å². The minimum absolute atomic E-state index is 0.0211. The summed E-state index contributed by atoms with van der Waals surface area (Å²) >= 11 is 0. The fourth-order valence-corrected chi connectivity index (χ4v) is 2.30. The van der Waals surface area contributed by atoms with Gasteiger partial charge in [-0.1, -0.05) is 30.3 Å². The number of amides is 1. The molecule has 0 radical (unpaired) electrons. The first kappa shape index (κ1) is 12.1. The molecule has 92 valence electrons. The van der Waals surface area contributed by atoms with Crippen molar-refractivity contribution in [2.75, 3.05) is 13.2 Å². The highest BCUT2D eigenvalue weighted by Gasteiger charge is 2.31. The zero-order chi connectivity index (χ0) is 12.3. The second kappa shape index (κ2) is 5.29. The summed E-state index contributed by atoms with van der Waals surface area (Å²) in [4.78, 5) is 13.9. The first-order valence-electron chi connectivity index (χ1n) is 5.96. The van der Waals surface area contributed by atoms with Gasteiger partial charge in [-0.15, -0.1) is 0 Å². The molecule has 1 aromatic rings. The van der Waals surface area contributed by atoms with Crippen molar-refractivity contribution >= 4 is 5.91 Å².